The molecule has 3 heterocycles. The number of methoxy groups -OCH3 is 2. The van der Waals surface area contributed by atoms with E-state index < -0.39 is 0 Å². The summed E-state index contributed by atoms with van der Waals surface area (Å²) in [5, 5.41) is 4.13. The van der Waals surface area contributed by atoms with Crippen molar-refractivity contribution in [2.24, 2.45) is 0 Å². The first-order valence-corrected chi connectivity index (χ1v) is 12.0. The van der Waals surface area contributed by atoms with Crippen molar-refractivity contribution >= 4 is 23.3 Å². The van der Waals surface area contributed by atoms with Gasteiger partial charge in [-0.3, -0.25) is 4.98 Å². The molecule has 2 aromatic carbocycles. The van der Waals surface area contributed by atoms with Gasteiger partial charge in [0.2, 0.25) is 0 Å². The Kier molecular flexibility index (Phi) is 6.69. The standard InChI is InChI=1S/C28H26N4O3S/c1-34-20-14-12-19(13-15-20)18-32-26(25(30-28(32)36)22-9-5-6-16-29-22)24-11-7-17-31(24)23-10-4-3-8-21(23)27(33)35-2/h3-17,25-26H,18H2,1-2H3,(H,30,36). The quantitative estimate of drug-likeness (QED) is 0.289. The van der Waals surface area contributed by atoms with Crippen LogP contribution in [0.5, 0.6) is 5.75 Å². The first-order chi connectivity index (χ1) is 17.6. The fourth-order valence-corrected chi connectivity index (χ4v) is 4.95. The number of nitrogens with zero attached hydrogens (tertiary/aromatic N) is 3. The van der Waals surface area contributed by atoms with Crippen LogP contribution in [0.3, 0.4) is 0 Å². The van der Waals surface area contributed by atoms with E-state index in [4.69, 9.17) is 21.7 Å². The van der Waals surface area contributed by atoms with Crippen LogP contribution in [0.1, 0.15) is 39.4 Å². The van der Waals surface area contributed by atoms with Gasteiger partial charge in [0.25, 0.3) is 0 Å². The van der Waals surface area contributed by atoms with Gasteiger partial charge >= 0.3 is 5.97 Å². The number of nitrogens with one attached hydrogen (secondary N) is 1. The third-order valence-corrected chi connectivity index (χ3v) is 6.71. The molecule has 36 heavy (non-hydrogen) atoms. The van der Waals surface area contributed by atoms with E-state index in [0.717, 1.165) is 28.4 Å². The topological polar surface area (TPSA) is 68.6 Å². The van der Waals surface area contributed by atoms with Crippen LogP contribution in [-0.2, 0) is 11.3 Å². The molecule has 1 fully saturated rings. The second kappa shape index (κ2) is 10.2. The van der Waals surface area contributed by atoms with Gasteiger partial charge in [0.1, 0.15) is 5.75 Å². The Bertz CT molecular complexity index is 1370. The van der Waals surface area contributed by atoms with Crippen LogP contribution < -0.4 is 10.1 Å². The lowest BCUT2D eigenvalue weighted by atomic mass is 10.0. The molecule has 2 aromatic heterocycles. The Balaban J connectivity index is 1.60. The summed E-state index contributed by atoms with van der Waals surface area (Å²) in [5.74, 6) is 0.416. The number of esters is 1. The van der Waals surface area contributed by atoms with Crippen molar-refractivity contribution in [1.82, 2.24) is 19.8 Å². The van der Waals surface area contributed by atoms with Gasteiger partial charge in [-0.2, -0.15) is 0 Å². The number of pyridine rings is 1. The highest BCUT2D eigenvalue weighted by molar-refractivity contribution is 7.80. The summed E-state index contributed by atoms with van der Waals surface area (Å²) in [7, 11) is 3.05. The molecular formula is C28H26N4O3S. The smallest absolute Gasteiger partial charge is 0.339 e. The SMILES string of the molecule is COC(=O)c1ccccc1-n1cccc1C1C(c2ccccn2)NC(=S)N1Cc1ccc(OC)cc1. The number of hydrogen-bond donors (Lipinski definition) is 1. The monoisotopic (exact) mass is 498 g/mol. The van der Waals surface area contributed by atoms with E-state index in [9.17, 15) is 4.79 Å². The summed E-state index contributed by atoms with van der Waals surface area (Å²) in [6.45, 7) is 0.591. The first-order valence-electron chi connectivity index (χ1n) is 11.6. The van der Waals surface area contributed by atoms with Gasteiger partial charge in [-0.05, 0) is 66.3 Å². The predicted octanol–water partition coefficient (Wildman–Crippen LogP) is 4.84. The van der Waals surface area contributed by atoms with E-state index in [2.05, 4.69) is 21.3 Å². The predicted molar refractivity (Wildman–Crippen MR) is 141 cm³/mol. The van der Waals surface area contributed by atoms with Crippen LogP contribution in [0, 0.1) is 0 Å². The van der Waals surface area contributed by atoms with E-state index >= 15 is 0 Å². The maximum absolute atomic E-state index is 12.6. The van der Waals surface area contributed by atoms with Crippen molar-refractivity contribution in [3.63, 3.8) is 0 Å². The molecule has 0 radical (unpaired) electrons. The van der Waals surface area contributed by atoms with Crippen LogP contribution >= 0.6 is 12.2 Å². The molecule has 1 aliphatic rings. The highest BCUT2D eigenvalue weighted by Crippen LogP contribution is 2.40. The first kappa shape index (κ1) is 23.6. The molecule has 0 bridgehead atoms. The second-order valence-electron chi connectivity index (χ2n) is 8.41. The third-order valence-electron chi connectivity index (χ3n) is 6.36. The number of hydrogen-bond acceptors (Lipinski definition) is 5. The summed E-state index contributed by atoms with van der Waals surface area (Å²) in [6.07, 6.45) is 3.74. The number of aromatic nitrogens is 2. The Hall–Kier alpha value is -4.17. The average Bonchev–Trinajstić information content (AvgIpc) is 3.53. The molecule has 0 spiro atoms. The lowest BCUT2D eigenvalue weighted by Gasteiger charge is -2.29. The minimum Gasteiger partial charge on any atom is -0.497 e. The van der Waals surface area contributed by atoms with Crippen LogP contribution in [0.2, 0.25) is 0 Å². The lowest BCUT2D eigenvalue weighted by Crippen LogP contribution is -2.30. The highest BCUT2D eigenvalue weighted by Gasteiger charge is 2.41. The summed E-state index contributed by atoms with van der Waals surface area (Å²) in [5.41, 5.74) is 4.19. The molecule has 2 atom stereocenters. The molecule has 0 amide bonds. The molecule has 8 heteroatoms. The minimum atomic E-state index is -0.387. The van der Waals surface area contributed by atoms with Gasteiger partial charge in [-0.25, -0.2) is 4.79 Å². The van der Waals surface area contributed by atoms with Crippen molar-refractivity contribution < 1.29 is 14.3 Å². The molecule has 7 nitrogen and oxygen atoms in total. The second-order valence-corrected chi connectivity index (χ2v) is 8.80. The van der Waals surface area contributed by atoms with E-state index in [1.54, 1.807) is 19.4 Å². The van der Waals surface area contributed by atoms with E-state index in [-0.39, 0.29) is 18.1 Å². The summed E-state index contributed by atoms with van der Waals surface area (Å²) < 4.78 is 12.4. The number of benzene rings is 2. The number of rotatable bonds is 7. The number of carbonyl (C=O) groups is 1. The highest BCUT2D eigenvalue weighted by atomic mass is 32.1. The van der Waals surface area contributed by atoms with Gasteiger partial charge in [-0.1, -0.05) is 30.3 Å². The maximum atomic E-state index is 12.6. The number of ether oxygens (including phenoxy) is 2. The van der Waals surface area contributed by atoms with E-state index in [1.807, 2.05) is 77.5 Å². The molecule has 0 aliphatic carbocycles. The Morgan fingerprint density at radius 1 is 1.00 bits per heavy atom. The van der Waals surface area contributed by atoms with Gasteiger partial charge in [0.15, 0.2) is 5.11 Å². The molecule has 1 N–H and O–H groups in total. The lowest BCUT2D eigenvalue weighted by molar-refractivity contribution is 0.0600. The Labute approximate surface area is 215 Å². The van der Waals surface area contributed by atoms with Crippen LogP contribution in [0.4, 0.5) is 0 Å². The fourth-order valence-electron chi connectivity index (χ4n) is 4.65. The van der Waals surface area contributed by atoms with Gasteiger partial charge in [-0.15, -0.1) is 0 Å². The normalized spacial score (nSPS) is 17.1. The Morgan fingerprint density at radius 2 is 1.78 bits per heavy atom. The van der Waals surface area contributed by atoms with Crippen molar-refractivity contribution in [3.8, 4) is 11.4 Å². The number of thiocarbonyl (C=S) groups is 1. The van der Waals surface area contributed by atoms with Gasteiger partial charge < -0.3 is 24.3 Å². The fraction of sp³-hybridized carbons (Fsp3) is 0.179. The molecular weight excluding hydrogens is 472 g/mol. The molecule has 0 saturated carbocycles. The molecule has 182 valence electrons. The van der Waals surface area contributed by atoms with Gasteiger partial charge in [0.05, 0.1) is 43.2 Å². The molecule has 1 aliphatic heterocycles. The summed E-state index contributed by atoms with van der Waals surface area (Å²) in [4.78, 5) is 19.4. The summed E-state index contributed by atoms with van der Waals surface area (Å²) in [6, 6.07) is 24.9. The minimum absolute atomic E-state index is 0.184. The van der Waals surface area contributed by atoms with Crippen molar-refractivity contribution in [2.75, 3.05) is 14.2 Å². The van der Waals surface area contributed by atoms with Crippen molar-refractivity contribution in [3.05, 3.63) is 114 Å². The van der Waals surface area contributed by atoms with Gasteiger partial charge in [0, 0.05) is 24.6 Å². The van der Waals surface area contributed by atoms with Crippen molar-refractivity contribution in [1.29, 1.82) is 0 Å². The molecule has 5 rings (SSSR count). The van der Waals surface area contributed by atoms with Crippen LogP contribution in [0.15, 0.2) is 91.3 Å². The van der Waals surface area contributed by atoms with E-state index in [1.165, 1.54) is 7.11 Å². The molecule has 1 saturated heterocycles. The molecule has 4 aromatic rings. The zero-order valence-corrected chi connectivity index (χ0v) is 20.8. The number of carbonyl (C=O) groups excluding carboxylic acids is 1. The van der Waals surface area contributed by atoms with Crippen LogP contribution in [0.25, 0.3) is 5.69 Å². The zero-order valence-electron chi connectivity index (χ0n) is 20.0. The largest absolute Gasteiger partial charge is 0.497 e. The zero-order chi connectivity index (χ0) is 25.1. The van der Waals surface area contributed by atoms with Crippen molar-refractivity contribution in [2.45, 2.75) is 18.6 Å². The third kappa shape index (κ3) is 4.43. The Morgan fingerprint density at radius 3 is 2.50 bits per heavy atom. The van der Waals surface area contributed by atoms with E-state index in [0.29, 0.717) is 17.2 Å². The van der Waals surface area contributed by atoms with Crippen LogP contribution in [-0.4, -0.2) is 39.8 Å². The average molecular weight is 499 g/mol. The molecule has 2 unspecified atom stereocenters. The summed E-state index contributed by atoms with van der Waals surface area (Å²) >= 11 is 5.84. The number of para-hydroxylation sites is 1. The maximum Gasteiger partial charge on any atom is 0.339 e.